The Morgan fingerprint density at radius 2 is 2.12 bits per heavy atom. The van der Waals surface area contributed by atoms with Crippen molar-refractivity contribution in [3.63, 3.8) is 0 Å². The van der Waals surface area contributed by atoms with E-state index < -0.39 is 12.3 Å². The highest BCUT2D eigenvalue weighted by molar-refractivity contribution is 5.86. The minimum atomic E-state index is -0.619. The maximum absolute atomic E-state index is 11.2. The fourth-order valence-corrected chi connectivity index (χ4v) is 1.16. The van der Waals surface area contributed by atoms with Gasteiger partial charge in [0.2, 0.25) is 6.29 Å². The highest BCUT2D eigenvalue weighted by Crippen LogP contribution is 2.14. The zero-order valence-electron chi connectivity index (χ0n) is 9.82. The highest BCUT2D eigenvalue weighted by Gasteiger charge is 2.10. The van der Waals surface area contributed by atoms with Crippen molar-refractivity contribution in [2.75, 3.05) is 0 Å². The first-order chi connectivity index (χ1) is 7.49. The van der Waals surface area contributed by atoms with Crippen LogP contribution in [-0.4, -0.2) is 12.3 Å². The van der Waals surface area contributed by atoms with Crippen LogP contribution >= 0.6 is 0 Å². The molecule has 0 aliphatic rings. The molecule has 1 atom stereocenters. The number of hydrogen-bond donors (Lipinski definition) is 0. The summed E-state index contributed by atoms with van der Waals surface area (Å²) in [5, 5.41) is 0. The molecule has 86 valence electrons. The van der Waals surface area contributed by atoms with Crippen LogP contribution in [0.1, 0.15) is 19.4 Å². The number of carbonyl (C=O) groups is 1. The molecule has 3 heteroatoms. The molecule has 0 spiro atoms. The molecule has 1 unspecified atom stereocenters. The molecule has 1 aromatic rings. The highest BCUT2D eigenvalue weighted by atomic mass is 16.7. The normalized spacial score (nSPS) is 11.7. The van der Waals surface area contributed by atoms with Crippen molar-refractivity contribution in [3.05, 3.63) is 42.0 Å². The predicted octanol–water partition coefficient (Wildman–Crippen LogP) is 2.84. The zero-order valence-corrected chi connectivity index (χ0v) is 9.82. The standard InChI is InChI=1S/C13H16O3/c1-9(2)13(14)16-11(4)15-12-7-5-6-10(3)8-12/h5-8,11H,1H2,2-4H3. The first kappa shape index (κ1) is 12.3. The molecule has 0 radical (unpaired) electrons. The van der Waals surface area contributed by atoms with E-state index in [2.05, 4.69) is 6.58 Å². The van der Waals surface area contributed by atoms with Gasteiger partial charge in [-0.2, -0.15) is 0 Å². The van der Waals surface area contributed by atoms with Gasteiger partial charge in [0.1, 0.15) is 5.75 Å². The number of esters is 1. The molecule has 0 aliphatic carbocycles. The van der Waals surface area contributed by atoms with Crippen molar-refractivity contribution >= 4 is 5.97 Å². The average Bonchev–Trinajstić information content (AvgIpc) is 2.16. The molecular weight excluding hydrogens is 204 g/mol. The first-order valence-electron chi connectivity index (χ1n) is 5.09. The number of aryl methyl sites for hydroxylation is 1. The van der Waals surface area contributed by atoms with Crippen LogP contribution in [0.2, 0.25) is 0 Å². The van der Waals surface area contributed by atoms with Gasteiger partial charge in [-0.15, -0.1) is 0 Å². The molecular formula is C13H16O3. The predicted molar refractivity (Wildman–Crippen MR) is 62.2 cm³/mol. The van der Waals surface area contributed by atoms with Gasteiger partial charge in [-0.05, 0) is 31.5 Å². The number of carbonyl (C=O) groups excluding carboxylic acids is 1. The van der Waals surface area contributed by atoms with Crippen LogP contribution < -0.4 is 4.74 Å². The summed E-state index contributed by atoms with van der Waals surface area (Å²) in [7, 11) is 0. The van der Waals surface area contributed by atoms with E-state index in [4.69, 9.17) is 9.47 Å². The Labute approximate surface area is 95.7 Å². The number of benzene rings is 1. The third-order valence-electron chi connectivity index (χ3n) is 1.91. The summed E-state index contributed by atoms with van der Waals surface area (Å²) >= 11 is 0. The second-order valence-corrected chi connectivity index (χ2v) is 3.69. The van der Waals surface area contributed by atoms with Crippen LogP contribution in [0.15, 0.2) is 36.4 Å². The number of hydrogen-bond acceptors (Lipinski definition) is 3. The van der Waals surface area contributed by atoms with Crippen molar-refractivity contribution in [3.8, 4) is 5.75 Å². The lowest BCUT2D eigenvalue weighted by Gasteiger charge is -2.15. The molecule has 0 aliphatic heterocycles. The Balaban J connectivity index is 2.55. The molecule has 3 nitrogen and oxygen atoms in total. The minimum Gasteiger partial charge on any atom is -0.455 e. The van der Waals surface area contributed by atoms with E-state index in [9.17, 15) is 4.79 Å². The van der Waals surface area contributed by atoms with Gasteiger partial charge in [0.15, 0.2) is 0 Å². The lowest BCUT2D eigenvalue weighted by atomic mass is 10.2. The van der Waals surface area contributed by atoms with Gasteiger partial charge >= 0.3 is 5.97 Å². The van der Waals surface area contributed by atoms with Crippen molar-refractivity contribution in [2.45, 2.75) is 27.1 Å². The van der Waals surface area contributed by atoms with Crippen LogP contribution in [0, 0.1) is 6.92 Å². The minimum absolute atomic E-state index is 0.361. The third kappa shape index (κ3) is 3.77. The van der Waals surface area contributed by atoms with Gasteiger partial charge < -0.3 is 9.47 Å². The molecule has 16 heavy (non-hydrogen) atoms. The lowest BCUT2D eigenvalue weighted by Crippen LogP contribution is -2.21. The summed E-state index contributed by atoms with van der Waals surface area (Å²) in [6.07, 6.45) is -0.619. The maximum atomic E-state index is 11.2. The molecule has 0 N–H and O–H groups in total. The molecule has 0 saturated carbocycles. The average molecular weight is 220 g/mol. The van der Waals surface area contributed by atoms with Crippen LogP contribution in [0.3, 0.4) is 0 Å². The van der Waals surface area contributed by atoms with E-state index in [0.29, 0.717) is 11.3 Å². The fourth-order valence-electron chi connectivity index (χ4n) is 1.16. The molecule has 0 heterocycles. The Kier molecular flexibility index (Phi) is 4.11. The lowest BCUT2D eigenvalue weighted by molar-refractivity contribution is -0.156. The largest absolute Gasteiger partial charge is 0.455 e. The van der Waals surface area contributed by atoms with E-state index in [1.807, 2.05) is 31.2 Å². The topological polar surface area (TPSA) is 35.5 Å². The van der Waals surface area contributed by atoms with E-state index >= 15 is 0 Å². The molecule has 0 amide bonds. The number of rotatable bonds is 4. The summed E-state index contributed by atoms with van der Waals surface area (Å²) in [4.78, 5) is 11.2. The van der Waals surface area contributed by atoms with Crippen molar-refractivity contribution in [1.82, 2.24) is 0 Å². The van der Waals surface area contributed by atoms with Crippen LogP contribution in [0.4, 0.5) is 0 Å². The van der Waals surface area contributed by atoms with Crippen LogP contribution in [-0.2, 0) is 9.53 Å². The SMILES string of the molecule is C=C(C)C(=O)OC(C)Oc1cccc(C)c1. The summed E-state index contributed by atoms with van der Waals surface area (Å²) in [6.45, 7) is 8.74. The third-order valence-corrected chi connectivity index (χ3v) is 1.91. The molecule has 0 aromatic heterocycles. The van der Waals surface area contributed by atoms with E-state index in [1.54, 1.807) is 13.8 Å². The van der Waals surface area contributed by atoms with Gasteiger partial charge in [0.05, 0.1) is 0 Å². The second-order valence-electron chi connectivity index (χ2n) is 3.69. The van der Waals surface area contributed by atoms with Gasteiger partial charge in [-0.25, -0.2) is 4.79 Å². The molecule has 0 bridgehead atoms. The van der Waals surface area contributed by atoms with Gasteiger partial charge in [-0.3, -0.25) is 0 Å². The summed E-state index contributed by atoms with van der Waals surface area (Å²) in [5.41, 5.74) is 1.45. The molecule has 0 saturated heterocycles. The van der Waals surface area contributed by atoms with Gasteiger partial charge in [-0.1, -0.05) is 18.7 Å². The first-order valence-corrected chi connectivity index (χ1v) is 5.09. The molecule has 1 rings (SSSR count). The van der Waals surface area contributed by atoms with Crippen LogP contribution in [0.5, 0.6) is 5.75 Å². The van der Waals surface area contributed by atoms with Crippen molar-refractivity contribution in [2.24, 2.45) is 0 Å². The van der Waals surface area contributed by atoms with E-state index in [1.165, 1.54) is 0 Å². The smallest absolute Gasteiger partial charge is 0.336 e. The Morgan fingerprint density at radius 3 is 2.69 bits per heavy atom. The van der Waals surface area contributed by atoms with E-state index in [-0.39, 0.29) is 0 Å². The molecule has 0 fully saturated rings. The Bertz CT molecular complexity index is 396. The van der Waals surface area contributed by atoms with Crippen molar-refractivity contribution in [1.29, 1.82) is 0 Å². The monoisotopic (exact) mass is 220 g/mol. The summed E-state index contributed by atoms with van der Waals surface area (Å²) < 4.78 is 10.4. The fraction of sp³-hybridized carbons (Fsp3) is 0.308. The maximum Gasteiger partial charge on any atom is 0.336 e. The van der Waals surface area contributed by atoms with Crippen LogP contribution in [0.25, 0.3) is 0 Å². The molecule has 1 aromatic carbocycles. The summed E-state index contributed by atoms with van der Waals surface area (Å²) in [5.74, 6) is 0.238. The number of ether oxygens (including phenoxy) is 2. The van der Waals surface area contributed by atoms with Gasteiger partial charge in [0.25, 0.3) is 0 Å². The zero-order chi connectivity index (χ0) is 12.1. The Hall–Kier alpha value is -1.77. The second kappa shape index (κ2) is 5.35. The van der Waals surface area contributed by atoms with Crippen molar-refractivity contribution < 1.29 is 14.3 Å². The van der Waals surface area contributed by atoms with E-state index in [0.717, 1.165) is 5.56 Å². The quantitative estimate of drug-likeness (QED) is 0.444. The summed E-state index contributed by atoms with van der Waals surface area (Å²) in [6, 6.07) is 7.55. The Morgan fingerprint density at radius 1 is 1.44 bits per heavy atom. The van der Waals surface area contributed by atoms with Gasteiger partial charge in [0, 0.05) is 12.5 Å².